The summed E-state index contributed by atoms with van der Waals surface area (Å²) in [5, 5.41) is 2.62. The van der Waals surface area contributed by atoms with Gasteiger partial charge in [0.15, 0.2) is 0 Å². The minimum absolute atomic E-state index is 0.129. The zero-order valence-corrected chi connectivity index (χ0v) is 11.9. The summed E-state index contributed by atoms with van der Waals surface area (Å²) in [4.78, 5) is 8.95. The molecule has 112 valence electrons. The highest BCUT2D eigenvalue weighted by Gasteiger charge is 2.35. The highest BCUT2D eigenvalue weighted by Crippen LogP contribution is 2.30. The quantitative estimate of drug-likeness (QED) is 0.944. The molecule has 0 spiro atoms. The highest BCUT2D eigenvalue weighted by molar-refractivity contribution is 5.65. The Balaban J connectivity index is 2.47. The third-order valence-electron chi connectivity index (χ3n) is 2.92. The third kappa shape index (κ3) is 3.42. The lowest BCUT2D eigenvalue weighted by molar-refractivity contribution is -0.144. The molecule has 0 aliphatic heterocycles. The molecule has 2 aromatic rings. The van der Waals surface area contributed by atoms with E-state index in [-0.39, 0.29) is 11.5 Å². The maximum Gasteiger partial charge on any atom is 0.451 e. The Bertz CT molecular complexity index is 621. The summed E-state index contributed by atoms with van der Waals surface area (Å²) in [6.45, 7) is 0. The van der Waals surface area contributed by atoms with Crippen LogP contribution in [0.25, 0.3) is 11.3 Å². The Hall–Kier alpha value is -2.31. The van der Waals surface area contributed by atoms with Crippen LogP contribution in [0.3, 0.4) is 0 Å². The number of nitrogens with zero attached hydrogens (tertiary/aromatic N) is 3. The van der Waals surface area contributed by atoms with E-state index >= 15 is 0 Å². The van der Waals surface area contributed by atoms with Crippen LogP contribution in [0.5, 0.6) is 0 Å². The fourth-order valence-electron chi connectivity index (χ4n) is 1.78. The molecule has 0 unspecified atom stereocenters. The Morgan fingerprint density at radius 1 is 1.05 bits per heavy atom. The summed E-state index contributed by atoms with van der Waals surface area (Å²) in [5.74, 6) is -1.02. The molecule has 2 rings (SSSR count). The van der Waals surface area contributed by atoms with E-state index in [0.717, 1.165) is 5.69 Å². The van der Waals surface area contributed by atoms with Gasteiger partial charge in [0.25, 0.3) is 0 Å². The van der Waals surface area contributed by atoms with Gasteiger partial charge in [-0.05, 0) is 12.1 Å². The van der Waals surface area contributed by atoms with Gasteiger partial charge in [-0.2, -0.15) is 13.2 Å². The number of aromatic nitrogens is 2. The smallest absolute Gasteiger partial charge is 0.378 e. The number of alkyl halides is 3. The van der Waals surface area contributed by atoms with Crippen LogP contribution in [0.15, 0.2) is 30.3 Å². The first kappa shape index (κ1) is 15.1. The van der Waals surface area contributed by atoms with Gasteiger partial charge in [-0.15, -0.1) is 0 Å². The van der Waals surface area contributed by atoms with Crippen LogP contribution in [-0.4, -0.2) is 31.1 Å². The Morgan fingerprint density at radius 3 is 2.14 bits per heavy atom. The van der Waals surface area contributed by atoms with Gasteiger partial charge in [0.1, 0.15) is 5.82 Å². The molecule has 1 aromatic carbocycles. The average molecular weight is 296 g/mol. The first-order valence-corrected chi connectivity index (χ1v) is 6.23. The van der Waals surface area contributed by atoms with Crippen molar-refractivity contribution in [1.29, 1.82) is 0 Å². The molecule has 7 heteroatoms. The largest absolute Gasteiger partial charge is 0.451 e. The number of rotatable bonds is 3. The minimum Gasteiger partial charge on any atom is -0.378 e. The van der Waals surface area contributed by atoms with Gasteiger partial charge < -0.3 is 10.2 Å². The van der Waals surface area contributed by atoms with Crippen LogP contribution in [0, 0.1) is 0 Å². The normalized spacial score (nSPS) is 11.3. The first-order chi connectivity index (χ1) is 9.81. The van der Waals surface area contributed by atoms with E-state index in [4.69, 9.17) is 0 Å². The predicted octanol–water partition coefficient (Wildman–Crippen LogP) is 3.27. The van der Waals surface area contributed by atoms with Crippen molar-refractivity contribution >= 4 is 11.5 Å². The maximum atomic E-state index is 12.8. The molecular formula is C14H15F3N4. The predicted molar refractivity (Wildman–Crippen MR) is 76.3 cm³/mol. The Kier molecular flexibility index (Phi) is 4.02. The SMILES string of the molecule is CNc1cc(-c2ccc(N(C)C)cc2)nc(C(F)(F)F)n1. The van der Waals surface area contributed by atoms with Crippen molar-refractivity contribution in [3.05, 3.63) is 36.2 Å². The average Bonchev–Trinajstić information content (AvgIpc) is 2.46. The zero-order valence-electron chi connectivity index (χ0n) is 11.9. The minimum atomic E-state index is -4.58. The summed E-state index contributed by atoms with van der Waals surface area (Å²) in [6.07, 6.45) is -4.58. The second kappa shape index (κ2) is 5.59. The monoisotopic (exact) mass is 296 g/mol. The topological polar surface area (TPSA) is 41.0 Å². The van der Waals surface area contributed by atoms with Crippen molar-refractivity contribution in [3.8, 4) is 11.3 Å². The van der Waals surface area contributed by atoms with Gasteiger partial charge in [-0.25, -0.2) is 9.97 Å². The molecule has 0 saturated heterocycles. The molecule has 0 bridgehead atoms. The fraction of sp³-hybridized carbons (Fsp3) is 0.286. The van der Waals surface area contributed by atoms with Gasteiger partial charge >= 0.3 is 6.18 Å². The molecule has 0 aliphatic carbocycles. The number of hydrogen-bond acceptors (Lipinski definition) is 4. The second-order valence-electron chi connectivity index (χ2n) is 4.65. The summed E-state index contributed by atoms with van der Waals surface area (Å²) in [7, 11) is 5.29. The molecular weight excluding hydrogens is 281 g/mol. The van der Waals surface area contributed by atoms with Crippen molar-refractivity contribution in [2.75, 3.05) is 31.4 Å². The highest BCUT2D eigenvalue weighted by atomic mass is 19.4. The summed E-state index contributed by atoms with van der Waals surface area (Å²) < 4.78 is 38.4. The molecule has 21 heavy (non-hydrogen) atoms. The van der Waals surface area contributed by atoms with Crippen LogP contribution in [0.4, 0.5) is 24.7 Å². The van der Waals surface area contributed by atoms with Crippen LogP contribution in [0.1, 0.15) is 5.82 Å². The van der Waals surface area contributed by atoms with Gasteiger partial charge in [0, 0.05) is 38.5 Å². The van der Waals surface area contributed by atoms with Crippen molar-refractivity contribution in [3.63, 3.8) is 0 Å². The lowest BCUT2D eigenvalue weighted by atomic mass is 10.1. The van der Waals surface area contributed by atoms with Crippen LogP contribution < -0.4 is 10.2 Å². The van der Waals surface area contributed by atoms with Gasteiger partial charge in [0.05, 0.1) is 5.69 Å². The van der Waals surface area contributed by atoms with Crippen LogP contribution in [-0.2, 0) is 6.18 Å². The molecule has 1 N–H and O–H groups in total. The standard InChI is InChI=1S/C14H15F3N4/c1-18-12-8-11(19-13(20-12)14(15,16)17)9-4-6-10(7-5-9)21(2)3/h4-8H,1-3H3,(H,18,19,20). The van der Waals surface area contributed by atoms with E-state index in [1.165, 1.54) is 13.1 Å². The number of nitrogens with one attached hydrogen (secondary N) is 1. The van der Waals surface area contributed by atoms with Crippen molar-refractivity contribution in [2.24, 2.45) is 0 Å². The lowest BCUT2D eigenvalue weighted by Gasteiger charge is -2.13. The van der Waals surface area contributed by atoms with Crippen molar-refractivity contribution < 1.29 is 13.2 Å². The van der Waals surface area contributed by atoms with Gasteiger partial charge in [-0.3, -0.25) is 0 Å². The number of hydrogen-bond donors (Lipinski definition) is 1. The number of benzene rings is 1. The van der Waals surface area contributed by atoms with E-state index in [1.54, 1.807) is 12.1 Å². The molecule has 0 saturated carbocycles. The van der Waals surface area contributed by atoms with E-state index < -0.39 is 12.0 Å². The van der Waals surface area contributed by atoms with Crippen molar-refractivity contribution in [1.82, 2.24) is 9.97 Å². The molecule has 0 fully saturated rings. The van der Waals surface area contributed by atoms with Gasteiger partial charge in [0.2, 0.25) is 5.82 Å². The number of halogens is 3. The van der Waals surface area contributed by atoms with E-state index in [2.05, 4.69) is 15.3 Å². The van der Waals surface area contributed by atoms with E-state index in [0.29, 0.717) is 5.56 Å². The Morgan fingerprint density at radius 2 is 1.67 bits per heavy atom. The summed E-state index contributed by atoms with van der Waals surface area (Å²) >= 11 is 0. The third-order valence-corrected chi connectivity index (χ3v) is 2.92. The van der Waals surface area contributed by atoms with E-state index in [9.17, 15) is 13.2 Å². The zero-order chi connectivity index (χ0) is 15.6. The second-order valence-corrected chi connectivity index (χ2v) is 4.65. The molecule has 1 aromatic heterocycles. The molecule has 4 nitrogen and oxygen atoms in total. The number of anilines is 2. The van der Waals surface area contributed by atoms with Crippen LogP contribution in [0.2, 0.25) is 0 Å². The first-order valence-electron chi connectivity index (χ1n) is 6.23. The molecule has 1 heterocycles. The summed E-state index contributed by atoms with van der Waals surface area (Å²) in [5.41, 5.74) is 1.79. The summed E-state index contributed by atoms with van der Waals surface area (Å²) in [6, 6.07) is 8.60. The molecule has 0 radical (unpaired) electrons. The fourth-order valence-corrected chi connectivity index (χ4v) is 1.78. The van der Waals surface area contributed by atoms with Gasteiger partial charge in [-0.1, -0.05) is 12.1 Å². The van der Waals surface area contributed by atoms with E-state index in [1.807, 2.05) is 31.1 Å². The molecule has 0 atom stereocenters. The Labute approximate surface area is 120 Å². The van der Waals surface area contributed by atoms with Crippen LogP contribution >= 0.6 is 0 Å². The van der Waals surface area contributed by atoms with Crippen molar-refractivity contribution in [2.45, 2.75) is 6.18 Å². The lowest BCUT2D eigenvalue weighted by Crippen LogP contribution is -2.13. The molecule has 0 aliphatic rings. The maximum absolute atomic E-state index is 12.8. The molecule has 0 amide bonds.